The molecule has 0 aliphatic heterocycles. The van der Waals surface area contributed by atoms with Crippen molar-refractivity contribution in [3.63, 3.8) is 0 Å². The highest BCUT2D eigenvalue weighted by Gasteiger charge is 2.01. The second-order valence-corrected chi connectivity index (χ2v) is 5.90. The molecular weight excluding hydrogens is 312 g/mol. The molecule has 0 unspecified atom stereocenters. The molecule has 0 radical (unpaired) electrons. The third kappa shape index (κ3) is 3.10. The number of rotatable bonds is 4. The van der Waals surface area contributed by atoms with Crippen molar-refractivity contribution in [1.82, 2.24) is 15.2 Å². The van der Waals surface area contributed by atoms with Crippen LogP contribution >= 0.6 is 0 Å². The van der Waals surface area contributed by atoms with Gasteiger partial charge >= 0.3 is 0 Å². The van der Waals surface area contributed by atoms with Crippen LogP contribution in [0.15, 0.2) is 65.6 Å². The Labute approximate surface area is 144 Å². The average molecular weight is 330 g/mol. The largest absolute Gasteiger partial charge is 0.403 e. The van der Waals surface area contributed by atoms with Gasteiger partial charge < -0.3 is 16.0 Å². The summed E-state index contributed by atoms with van der Waals surface area (Å²) in [6.45, 7) is 2.04. The van der Waals surface area contributed by atoms with E-state index in [0.29, 0.717) is 5.70 Å². The van der Waals surface area contributed by atoms with Crippen LogP contribution in [0.3, 0.4) is 0 Å². The van der Waals surface area contributed by atoms with Gasteiger partial charge in [-0.1, -0.05) is 6.07 Å². The number of nitrogens with zero attached hydrogens (tertiary/aromatic N) is 2. The van der Waals surface area contributed by atoms with Gasteiger partial charge in [-0.15, -0.1) is 0 Å². The maximum absolute atomic E-state index is 5.73. The first-order chi connectivity index (χ1) is 12.2. The van der Waals surface area contributed by atoms with E-state index >= 15 is 0 Å². The minimum absolute atomic E-state index is 0.714. The average Bonchev–Trinajstić information content (AvgIpc) is 3.22. The van der Waals surface area contributed by atoms with Gasteiger partial charge in [-0.05, 0) is 48.7 Å². The van der Waals surface area contributed by atoms with Gasteiger partial charge in [0.15, 0.2) is 0 Å². The van der Waals surface area contributed by atoms with Crippen LogP contribution < -0.4 is 11.1 Å². The fraction of sp³-hybridized carbons (Fsp3) is 0.0526. The lowest BCUT2D eigenvalue weighted by atomic mass is 10.2. The Hall–Kier alpha value is -3.54. The first-order valence-corrected chi connectivity index (χ1v) is 7.97. The number of hydrogen-bond acceptors (Lipinski definition) is 4. The van der Waals surface area contributed by atoms with E-state index in [4.69, 9.17) is 5.73 Å². The Morgan fingerprint density at radius 2 is 2.04 bits per heavy atom. The number of aromatic amines is 2. The first-order valence-electron chi connectivity index (χ1n) is 7.97. The Kier molecular flexibility index (Phi) is 3.70. The first kappa shape index (κ1) is 15.0. The molecular formula is C19H18N6. The van der Waals surface area contributed by atoms with Crippen molar-refractivity contribution in [3.05, 3.63) is 66.3 Å². The minimum Gasteiger partial charge on any atom is -0.403 e. The molecule has 0 fully saturated rings. The molecule has 6 nitrogen and oxygen atoms in total. The molecule has 0 atom stereocenters. The fourth-order valence-corrected chi connectivity index (χ4v) is 2.79. The third-order valence-electron chi connectivity index (χ3n) is 4.00. The normalized spacial score (nSPS) is 12.4. The summed E-state index contributed by atoms with van der Waals surface area (Å²) in [5, 5.41) is 12.4. The predicted octanol–water partition coefficient (Wildman–Crippen LogP) is 3.97. The van der Waals surface area contributed by atoms with E-state index in [2.05, 4.69) is 37.6 Å². The van der Waals surface area contributed by atoms with E-state index in [0.717, 1.165) is 33.5 Å². The van der Waals surface area contributed by atoms with Gasteiger partial charge in [0, 0.05) is 28.5 Å². The maximum Gasteiger partial charge on any atom is 0.0727 e. The maximum atomic E-state index is 5.73. The number of aliphatic imine (C=N–C) groups is 1. The second-order valence-electron chi connectivity index (χ2n) is 5.90. The Balaban J connectivity index is 1.54. The SMILES string of the molecule is Cc1cc2ccc(N=CC(=CN)Nc3ccc4[nH]ncc4c3)cc2[nH]1. The molecule has 2 aromatic carbocycles. The van der Waals surface area contributed by atoms with E-state index in [1.807, 2.05) is 37.3 Å². The smallest absolute Gasteiger partial charge is 0.0727 e. The monoisotopic (exact) mass is 330 g/mol. The number of aromatic nitrogens is 3. The molecule has 6 heteroatoms. The summed E-state index contributed by atoms with van der Waals surface area (Å²) in [4.78, 5) is 7.83. The van der Waals surface area contributed by atoms with Crippen molar-refractivity contribution in [2.24, 2.45) is 10.7 Å². The zero-order valence-corrected chi connectivity index (χ0v) is 13.7. The highest BCUT2D eigenvalue weighted by Crippen LogP contribution is 2.22. The summed E-state index contributed by atoms with van der Waals surface area (Å²) in [6.07, 6.45) is 5.00. The summed E-state index contributed by atoms with van der Waals surface area (Å²) >= 11 is 0. The second kappa shape index (κ2) is 6.16. The molecule has 0 aliphatic rings. The number of allylic oxidation sites excluding steroid dienone is 1. The van der Waals surface area contributed by atoms with Gasteiger partial charge in [-0.25, -0.2) is 0 Å². The Bertz CT molecular complexity index is 1100. The number of hydrogen-bond donors (Lipinski definition) is 4. The summed E-state index contributed by atoms with van der Waals surface area (Å²) in [5.74, 6) is 0. The van der Waals surface area contributed by atoms with E-state index in [-0.39, 0.29) is 0 Å². The highest BCUT2D eigenvalue weighted by atomic mass is 15.1. The lowest BCUT2D eigenvalue weighted by Gasteiger charge is -2.06. The van der Waals surface area contributed by atoms with Crippen LogP contribution in [0.25, 0.3) is 21.8 Å². The fourth-order valence-electron chi connectivity index (χ4n) is 2.79. The lowest BCUT2D eigenvalue weighted by Crippen LogP contribution is -2.03. The predicted molar refractivity (Wildman–Crippen MR) is 103 cm³/mol. The van der Waals surface area contributed by atoms with E-state index in [1.165, 1.54) is 11.6 Å². The molecule has 124 valence electrons. The van der Waals surface area contributed by atoms with Crippen molar-refractivity contribution >= 4 is 39.4 Å². The minimum atomic E-state index is 0.714. The number of fused-ring (bicyclic) bond motifs is 2. The molecule has 0 bridgehead atoms. The van der Waals surface area contributed by atoms with Gasteiger partial charge in [0.2, 0.25) is 0 Å². The number of H-pyrrole nitrogens is 2. The molecule has 4 aromatic rings. The molecule has 0 amide bonds. The van der Waals surface area contributed by atoms with Gasteiger partial charge in [-0.3, -0.25) is 10.1 Å². The van der Waals surface area contributed by atoms with Crippen LogP contribution in [0, 0.1) is 6.92 Å². The molecule has 0 spiro atoms. The van der Waals surface area contributed by atoms with Gasteiger partial charge in [0.25, 0.3) is 0 Å². The summed E-state index contributed by atoms with van der Waals surface area (Å²) < 4.78 is 0. The van der Waals surface area contributed by atoms with E-state index in [1.54, 1.807) is 12.4 Å². The van der Waals surface area contributed by atoms with Crippen LogP contribution in [0.1, 0.15) is 5.69 Å². The quantitative estimate of drug-likeness (QED) is 0.426. The number of nitrogens with two attached hydrogens (primary N) is 1. The zero-order valence-electron chi connectivity index (χ0n) is 13.7. The van der Waals surface area contributed by atoms with E-state index in [9.17, 15) is 0 Å². The van der Waals surface area contributed by atoms with Gasteiger partial charge in [0.05, 0.1) is 29.3 Å². The van der Waals surface area contributed by atoms with Crippen LogP contribution in [0.5, 0.6) is 0 Å². The number of benzene rings is 2. The standard InChI is InChI=1S/C19H18N6/c1-12-6-13-2-3-15(8-19(13)23-12)21-11-17(9-20)24-16-4-5-18-14(7-16)10-22-25-18/h2-11,23-24H,20H2,1H3,(H,22,25). The number of nitrogens with one attached hydrogen (secondary N) is 3. The van der Waals surface area contributed by atoms with Crippen LogP contribution in [0.2, 0.25) is 0 Å². The number of anilines is 1. The molecule has 5 N–H and O–H groups in total. The molecule has 2 aromatic heterocycles. The van der Waals surface area contributed by atoms with Crippen molar-refractivity contribution in [2.75, 3.05) is 5.32 Å². The van der Waals surface area contributed by atoms with Crippen molar-refractivity contribution < 1.29 is 0 Å². The van der Waals surface area contributed by atoms with Crippen molar-refractivity contribution in [1.29, 1.82) is 0 Å². The molecule has 0 aliphatic carbocycles. The Morgan fingerprint density at radius 1 is 1.12 bits per heavy atom. The van der Waals surface area contributed by atoms with Crippen LogP contribution in [-0.2, 0) is 0 Å². The zero-order chi connectivity index (χ0) is 17.2. The molecule has 2 heterocycles. The highest BCUT2D eigenvalue weighted by molar-refractivity contribution is 5.89. The van der Waals surface area contributed by atoms with Gasteiger partial charge in [-0.2, -0.15) is 5.10 Å². The lowest BCUT2D eigenvalue weighted by molar-refractivity contribution is 1.12. The molecule has 0 saturated carbocycles. The van der Waals surface area contributed by atoms with Crippen LogP contribution in [-0.4, -0.2) is 21.4 Å². The van der Waals surface area contributed by atoms with Crippen molar-refractivity contribution in [3.8, 4) is 0 Å². The Morgan fingerprint density at radius 3 is 2.92 bits per heavy atom. The summed E-state index contributed by atoms with van der Waals surface area (Å²) in [6, 6.07) is 14.1. The molecule has 0 saturated heterocycles. The topological polar surface area (TPSA) is 94.9 Å². The van der Waals surface area contributed by atoms with Crippen molar-refractivity contribution in [2.45, 2.75) is 6.92 Å². The molecule has 25 heavy (non-hydrogen) atoms. The number of aryl methyl sites for hydroxylation is 1. The molecule has 4 rings (SSSR count). The summed E-state index contributed by atoms with van der Waals surface area (Å²) in [7, 11) is 0. The third-order valence-corrected chi connectivity index (χ3v) is 4.00. The van der Waals surface area contributed by atoms with E-state index < -0.39 is 0 Å². The summed E-state index contributed by atoms with van der Waals surface area (Å²) in [5.41, 5.74) is 11.4. The van der Waals surface area contributed by atoms with Crippen LogP contribution in [0.4, 0.5) is 11.4 Å². The van der Waals surface area contributed by atoms with Gasteiger partial charge in [0.1, 0.15) is 0 Å².